The Labute approximate surface area is 150 Å². The van der Waals surface area contributed by atoms with Crippen LogP contribution in [0.1, 0.15) is 18.1 Å². The molecule has 2 aromatic carbocycles. The Morgan fingerprint density at radius 1 is 1.16 bits per heavy atom. The number of hydrogen-bond donors (Lipinski definition) is 2. The maximum atomic E-state index is 11.4. The highest BCUT2D eigenvalue weighted by molar-refractivity contribution is 6.35. The van der Waals surface area contributed by atoms with Crippen molar-refractivity contribution in [3.8, 4) is 5.75 Å². The number of amides is 2. The van der Waals surface area contributed by atoms with Gasteiger partial charge in [0.25, 0.3) is 0 Å². The fourth-order valence-electron chi connectivity index (χ4n) is 1.89. The third-order valence-electron chi connectivity index (χ3n) is 3.10. The Kier molecular flexibility index (Phi) is 6.98. The van der Waals surface area contributed by atoms with Gasteiger partial charge in [0.2, 0.25) is 0 Å². The van der Waals surface area contributed by atoms with Gasteiger partial charge in [0, 0.05) is 11.6 Å². The van der Waals surface area contributed by atoms with Crippen molar-refractivity contribution >= 4 is 29.6 Å². The molecular weight excluding hydrogens is 342 g/mol. The Morgan fingerprint density at radius 3 is 2.64 bits per heavy atom. The molecule has 2 N–H and O–H groups in total. The number of hydrogen-bond acceptors (Lipinski definition) is 4. The number of rotatable bonds is 6. The van der Waals surface area contributed by atoms with E-state index >= 15 is 0 Å². The van der Waals surface area contributed by atoms with Crippen LogP contribution in [-0.2, 0) is 16.2 Å². The van der Waals surface area contributed by atoms with Crippen molar-refractivity contribution in [2.75, 3.05) is 6.54 Å². The lowest BCUT2D eigenvalue weighted by Gasteiger charge is -2.07. The molecule has 0 atom stereocenters. The Morgan fingerprint density at radius 2 is 1.92 bits per heavy atom. The van der Waals surface area contributed by atoms with E-state index in [-0.39, 0.29) is 0 Å². The normalized spacial score (nSPS) is 10.5. The average Bonchev–Trinajstić information content (AvgIpc) is 2.62. The second kappa shape index (κ2) is 9.44. The van der Waals surface area contributed by atoms with Gasteiger partial charge in [-0.05, 0) is 42.3 Å². The van der Waals surface area contributed by atoms with Gasteiger partial charge in [0.15, 0.2) is 0 Å². The molecule has 0 bridgehead atoms. The summed E-state index contributed by atoms with van der Waals surface area (Å²) in [6.07, 6.45) is 1.44. The third-order valence-corrected chi connectivity index (χ3v) is 3.35. The lowest BCUT2D eigenvalue weighted by atomic mass is 10.2. The minimum Gasteiger partial charge on any atom is -0.489 e. The molecule has 0 aliphatic rings. The van der Waals surface area contributed by atoms with Crippen molar-refractivity contribution in [2.45, 2.75) is 13.5 Å². The van der Waals surface area contributed by atoms with E-state index in [4.69, 9.17) is 16.3 Å². The van der Waals surface area contributed by atoms with Crippen LogP contribution in [0.15, 0.2) is 53.6 Å². The number of nitrogens with zero attached hydrogens (tertiary/aromatic N) is 1. The fourth-order valence-corrected chi connectivity index (χ4v) is 2.01. The highest BCUT2D eigenvalue weighted by Crippen LogP contribution is 2.15. The van der Waals surface area contributed by atoms with Crippen LogP contribution in [0.2, 0.25) is 5.02 Å². The van der Waals surface area contributed by atoms with Crippen molar-refractivity contribution in [2.24, 2.45) is 5.10 Å². The summed E-state index contributed by atoms with van der Waals surface area (Å²) in [5.74, 6) is -0.873. The van der Waals surface area contributed by atoms with Crippen LogP contribution in [0.3, 0.4) is 0 Å². The molecule has 130 valence electrons. The molecule has 0 saturated carbocycles. The van der Waals surface area contributed by atoms with Gasteiger partial charge in [-0.15, -0.1) is 0 Å². The van der Waals surface area contributed by atoms with Gasteiger partial charge in [0.1, 0.15) is 12.4 Å². The lowest BCUT2D eigenvalue weighted by molar-refractivity contribution is -0.139. The zero-order valence-corrected chi connectivity index (χ0v) is 14.4. The molecule has 0 radical (unpaired) electrons. The maximum absolute atomic E-state index is 11.4. The molecule has 2 aromatic rings. The standard InChI is InChI=1S/C18H18ClN3O3/c1-2-20-17(23)18(24)22-21-11-14-4-3-5-16(10-14)25-12-13-6-8-15(19)9-7-13/h3-11H,2,12H2,1H3,(H,20,23)(H,22,24)/b21-11-. The van der Waals surface area contributed by atoms with Crippen LogP contribution in [0.5, 0.6) is 5.75 Å². The topological polar surface area (TPSA) is 79.8 Å². The highest BCUT2D eigenvalue weighted by Gasteiger charge is 2.10. The van der Waals surface area contributed by atoms with E-state index in [0.29, 0.717) is 23.9 Å². The Bertz CT molecular complexity index is 760. The molecule has 25 heavy (non-hydrogen) atoms. The van der Waals surface area contributed by atoms with Crippen molar-refractivity contribution in [1.82, 2.24) is 10.7 Å². The molecule has 0 aromatic heterocycles. The van der Waals surface area contributed by atoms with Crippen LogP contribution in [-0.4, -0.2) is 24.6 Å². The summed E-state index contributed by atoms with van der Waals surface area (Å²) in [7, 11) is 0. The quantitative estimate of drug-likeness (QED) is 0.472. The zero-order valence-electron chi connectivity index (χ0n) is 13.7. The van der Waals surface area contributed by atoms with Crippen LogP contribution >= 0.6 is 11.6 Å². The third kappa shape index (κ3) is 6.27. The largest absolute Gasteiger partial charge is 0.489 e. The summed E-state index contributed by atoms with van der Waals surface area (Å²) in [4.78, 5) is 22.7. The molecule has 0 saturated heterocycles. The fraction of sp³-hybridized carbons (Fsp3) is 0.167. The first-order valence-corrected chi connectivity index (χ1v) is 8.05. The minimum atomic E-state index is -0.812. The van der Waals surface area contributed by atoms with Crippen LogP contribution in [0, 0.1) is 0 Å². The van der Waals surface area contributed by atoms with Gasteiger partial charge >= 0.3 is 11.8 Å². The monoisotopic (exact) mass is 359 g/mol. The van der Waals surface area contributed by atoms with Gasteiger partial charge in [-0.1, -0.05) is 35.9 Å². The molecule has 0 spiro atoms. The molecule has 0 unspecified atom stereocenters. The molecule has 0 aliphatic carbocycles. The smallest absolute Gasteiger partial charge is 0.329 e. The average molecular weight is 360 g/mol. The first-order chi connectivity index (χ1) is 12.1. The van der Waals surface area contributed by atoms with E-state index in [1.165, 1.54) is 6.21 Å². The first-order valence-electron chi connectivity index (χ1n) is 7.67. The molecule has 0 aliphatic heterocycles. The predicted molar refractivity (Wildman–Crippen MR) is 96.6 cm³/mol. The number of halogens is 1. The number of carbonyl (C=O) groups is 2. The van der Waals surface area contributed by atoms with Crippen molar-refractivity contribution in [1.29, 1.82) is 0 Å². The molecular formula is C18H18ClN3O3. The van der Waals surface area contributed by atoms with Gasteiger partial charge in [0.05, 0.1) is 6.21 Å². The van der Waals surface area contributed by atoms with Gasteiger partial charge in [-0.3, -0.25) is 9.59 Å². The van der Waals surface area contributed by atoms with E-state index in [0.717, 1.165) is 11.1 Å². The van der Waals surface area contributed by atoms with Gasteiger partial charge < -0.3 is 10.1 Å². The lowest BCUT2D eigenvalue weighted by Crippen LogP contribution is -2.37. The first kappa shape index (κ1) is 18.5. The van der Waals surface area contributed by atoms with E-state index in [1.807, 2.05) is 24.3 Å². The van der Waals surface area contributed by atoms with Crippen molar-refractivity contribution < 1.29 is 14.3 Å². The number of hydrazone groups is 1. The summed E-state index contributed by atoms with van der Waals surface area (Å²) >= 11 is 5.85. The minimum absolute atomic E-state index is 0.378. The highest BCUT2D eigenvalue weighted by atomic mass is 35.5. The number of nitrogens with one attached hydrogen (secondary N) is 2. The van der Waals surface area contributed by atoms with Crippen LogP contribution in [0.25, 0.3) is 0 Å². The van der Waals surface area contributed by atoms with E-state index in [9.17, 15) is 9.59 Å². The zero-order chi connectivity index (χ0) is 18.1. The van der Waals surface area contributed by atoms with E-state index < -0.39 is 11.8 Å². The second-order valence-corrected chi connectivity index (χ2v) is 5.48. The maximum Gasteiger partial charge on any atom is 0.329 e. The molecule has 6 nitrogen and oxygen atoms in total. The van der Waals surface area contributed by atoms with E-state index in [2.05, 4.69) is 15.8 Å². The summed E-state index contributed by atoms with van der Waals surface area (Å²) in [5.41, 5.74) is 3.89. The number of ether oxygens (including phenoxy) is 1. The number of carbonyl (C=O) groups excluding carboxylic acids is 2. The summed E-state index contributed by atoms with van der Waals surface area (Å²) in [6, 6.07) is 14.6. The Balaban J connectivity index is 1.89. The number of likely N-dealkylation sites (N-methyl/N-ethyl adjacent to an activating group) is 1. The summed E-state index contributed by atoms with van der Waals surface area (Å²) < 4.78 is 5.71. The number of benzene rings is 2. The van der Waals surface area contributed by atoms with Crippen LogP contribution < -0.4 is 15.5 Å². The van der Waals surface area contributed by atoms with Gasteiger partial charge in [-0.25, -0.2) is 5.43 Å². The van der Waals surface area contributed by atoms with Crippen LogP contribution in [0.4, 0.5) is 0 Å². The predicted octanol–water partition coefficient (Wildman–Crippen LogP) is 2.51. The molecule has 2 rings (SSSR count). The molecule has 0 heterocycles. The Hall–Kier alpha value is -2.86. The van der Waals surface area contributed by atoms with Crippen molar-refractivity contribution in [3.05, 3.63) is 64.7 Å². The molecule has 7 heteroatoms. The molecule has 2 amide bonds. The molecule has 0 fully saturated rings. The van der Waals surface area contributed by atoms with E-state index in [1.54, 1.807) is 31.2 Å². The van der Waals surface area contributed by atoms with Gasteiger partial charge in [-0.2, -0.15) is 5.10 Å². The summed E-state index contributed by atoms with van der Waals surface area (Å²) in [5, 5.41) is 6.82. The van der Waals surface area contributed by atoms with Crippen molar-refractivity contribution in [3.63, 3.8) is 0 Å². The summed E-state index contributed by atoms with van der Waals surface area (Å²) in [6.45, 7) is 2.51. The SMILES string of the molecule is CCNC(=O)C(=O)N/N=C\c1cccc(OCc2ccc(Cl)cc2)c1. The second-order valence-electron chi connectivity index (χ2n) is 5.05.